The zero-order valence-corrected chi connectivity index (χ0v) is 9.34. The molecule has 0 fully saturated rings. The van der Waals surface area contributed by atoms with Gasteiger partial charge in [-0.1, -0.05) is 12.2 Å². The molecule has 0 aromatic rings. The van der Waals surface area contributed by atoms with Crippen LogP contribution in [-0.4, -0.2) is 17.7 Å². The van der Waals surface area contributed by atoms with Gasteiger partial charge in [-0.3, -0.25) is 4.79 Å². The number of carbonyl (C=O) groups is 1. The van der Waals surface area contributed by atoms with Crippen LogP contribution in [-0.2, 0) is 9.53 Å². The molecule has 0 heterocycles. The number of halogens is 1. The maximum absolute atomic E-state index is 13.6. The lowest BCUT2D eigenvalue weighted by molar-refractivity contribution is -0.150. The van der Waals surface area contributed by atoms with E-state index in [4.69, 9.17) is 4.74 Å². The average molecular weight is 202 g/mol. The van der Waals surface area contributed by atoms with Crippen molar-refractivity contribution < 1.29 is 13.9 Å². The minimum absolute atomic E-state index is 0.181. The van der Waals surface area contributed by atoms with Gasteiger partial charge < -0.3 is 4.74 Å². The molecule has 3 heteroatoms. The highest BCUT2D eigenvalue weighted by Crippen LogP contribution is 2.21. The van der Waals surface area contributed by atoms with Gasteiger partial charge in [0.2, 0.25) is 0 Å². The molecule has 0 aromatic carbocycles. The summed E-state index contributed by atoms with van der Waals surface area (Å²) in [7, 11) is 0. The number of rotatable bonds is 5. The molecule has 0 aromatic heterocycles. The Morgan fingerprint density at radius 1 is 1.57 bits per heavy atom. The zero-order chi connectivity index (χ0) is 11.2. The van der Waals surface area contributed by atoms with E-state index in [-0.39, 0.29) is 18.9 Å². The van der Waals surface area contributed by atoms with E-state index in [9.17, 15) is 9.18 Å². The fourth-order valence-electron chi connectivity index (χ4n) is 1.04. The summed E-state index contributed by atoms with van der Waals surface area (Å²) in [5.41, 5.74) is -1.50. The van der Waals surface area contributed by atoms with Crippen LogP contribution in [0.3, 0.4) is 0 Å². The fourth-order valence-corrected chi connectivity index (χ4v) is 1.04. The van der Waals surface area contributed by atoms with Gasteiger partial charge >= 0.3 is 5.97 Å². The number of esters is 1. The number of hydrogen-bond acceptors (Lipinski definition) is 2. The van der Waals surface area contributed by atoms with Crippen LogP contribution < -0.4 is 0 Å². The summed E-state index contributed by atoms with van der Waals surface area (Å²) in [4.78, 5) is 11.1. The lowest BCUT2D eigenvalue weighted by Gasteiger charge is -2.18. The molecule has 0 N–H and O–H groups in total. The van der Waals surface area contributed by atoms with Gasteiger partial charge in [0.05, 0.1) is 12.5 Å². The van der Waals surface area contributed by atoms with E-state index in [1.807, 2.05) is 6.92 Å². The standard InChI is InChI=1S/C11H19FO2/c1-5-6-7-11(4,12)8-10(13)14-9(2)3/h5-6,9H,7-8H2,1-4H3. The topological polar surface area (TPSA) is 26.3 Å². The predicted octanol–water partition coefficient (Wildman–Crippen LogP) is 3.02. The highest BCUT2D eigenvalue weighted by molar-refractivity contribution is 5.70. The molecule has 0 radical (unpaired) electrons. The molecule has 1 unspecified atom stereocenters. The molecule has 2 nitrogen and oxygen atoms in total. The second kappa shape index (κ2) is 5.78. The highest BCUT2D eigenvalue weighted by atomic mass is 19.1. The smallest absolute Gasteiger partial charge is 0.309 e. The van der Waals surface area contributed by atoms with Crippen LogP contribution in [0.1, 0.15) is 40.5 Å². The van der Waals surface area contributed by atoms with Crippen molar-refractivity contribution in [1.29, 1.82) is 0 Å². The average Bonchev–Trinajstić information content (AvgIpc) is 1.98. The third-order valence-corrected chi connectivity index (χ3v) is 1.66. The van der Waals surface area contributed by atoms with Crippen LogP contribution >= 0.6 is 0 Å². The van der Waals surface area contributed by atoms with Crippen molar-refractivity contribution in [2.75, 3.05) is 0 Å². The molecule has 0 saturated carbocycles. The van der Waals surface area contributed by atoms with Gasteiger partial charge in [0.25, 0.3) is 0 Å². The van der Waals surface area contributed by atoms with Gasteiger partial charge in [-0.05, 0) is 34.1 Å². The Labute approximate surface area is 85.1 Å². The SMILES string of the molecule is CC=CCC(C)(F)CC(=O)OC(C)C. The number of alkyl halides is 1. The third-order valence-electron chi connectivity index (χ3n) is 1.66. The zero-order valence-electron chi connectivity index (χ0n) is 9.34. The molecule has 82 valence electrons. The summed E-state index contributed by atoms with van der Waals surface area (Å²) in [6, 6.07) is 0. The van der Waals surface area contributed by atoms with Crippen molar-refractivity contribution in [3.63, 3.8) is 0 Å². The lowest BCUT2D eigenvalue weighted by atomic mass is 10.0. The van der Waals surface area contributed by atoms with E-state index >= 15 is 0 Å². The monoisotopic (exact) mass is 202 g/mol. The summed E-state index contributed by atoms with van der Waals surface area (Å²) >= 11 is 0. The Kier molecular flexibility index (Phi) is 5.43. The van der Waals surface area contributed by atoms with Crippen LogP contribution in [0.15, 0.2) is 12.2 Å². The first-order valence-corrected chi connectivity index (χ1v) is 4.87. The first-order chi connectivity index (χ1) is 6.37. The number of carbonyl (C=O) groups excluding carboxylic acids is 1. The molecular formula is C11H19FO2. The minimum Gasteiger partial charge on any atom is -0.463 e. The molecule has 0 amide bonds. The summed E-state index contributed by atoms with van der Waals surface area (Å²) in [5.74, 6) is -0.477. The lowest BCUT2D eigenvalue weighted by Crippen LogP contribution is -2.24. The van der Waals surface area contributed by atoms with E-state index in [1.165, 1.54) is 6.92 Å². The largest absolute Gasteiger partial charge is 0.463 e. The van der Waals surface area contributed by atoms with Crippen molar-refractivity contribution >= 4 is 5.97 Å². The first kappa shape index (κ1) is 13.1. The minimum atomic E-state index is -1.50. The molecule has 0 spiro atoms. The molecule has 0 aliphatic carbocycles. The van der Waals surface area contributed by atoms with Crippen LogP contribution in [0.5, 0.6) is 0 Å². The van der Waals surface area contributed by atoms with Gasteiger partial charge in [0, 0.05) is 0 Å². The summed E-state index contributed by atoms with van der Waals surface area (Å²) < 4.78 is 18.5. The van der Waals surface area contributed by atoms with Crippen molar-refractivity contribution in [2.45, 2.75) is 52.3 Å². The predicted molar refractivity (Wildman–Crippen MR) is 54.8 cm³/mol. The maximum atomic E-state index is 13.6. The van der Waals surface area contributed by atoms with Gasteiger partial charge in [0.1, 0.15) is 5.67 Å². The Morgan fingerprint density at radius 2 is 2.14 bits per heavy atom. The Bertz CT molecular complexity index is 207. The van der Waals surface area contributed by atoms with E-state index in [2.05, 4.69) is 0 Å². The second-order valence-electron chi connectivity index (χ2n) is 3.90. The molecule has 0 bridgehead atoms. The summed E-state index contributed by atoms with van der Waals surface area (Å²) in [5, 5.41) is 0. The van der Waals surface area contributed by atoms with Gasteiger partial charge in [0.15, 0.2) is 0 Å². The van der Waals surface area contributed by atoms with Crippen molar-refractivity contribution in [3.05, 3.63) is 12.2 Å². The summed E-state index contributed by atoms with van der Waals surface area (Å²) in [6.07, 6.45) is 3.36. The van der Waals surface area contributed by atoms with Crippen molar-refractivity contribution in [1.82, 2.24) is 0 Å². The Balaban J connectivity index is 4.01. The van der Waals surface area contributed by atoms with Crippen LogP contribution in [0.2, 0.25) is 0 Å². The van der Waals surface area contributed by atoms with Crippen LogP contribution in [0.4, 0.5) is 4.39 Å². The van der Waals surface area contributed by atoms with Gasteiger partial charge in [-0.15, -0.1) is 0 Å². The van der Waals surface area contributed by atoms with Gasteiger partial charge in [-0.2, -0.15) is 0 Å². The maximum Gasteiger partial charge on any atom is 0.309 e. The van der Waals surface area contributed by atoms with Crippen LogP contribution in [0, 0.1) is 0 Å². The molecule has 0 rings (SSSR count). The molecule has 0 aliphatic heterocycles. The molecular weight excluding hydrogens is 183 g/mol. The second-order valence-corrected chi connectivity index (χ2v) is 3.90. The van der Waals surface area contributed by atoms with E-state index in [1.54, 1.807) is 26.0 Å². The molecule has 14 heavy (non-hydrogen) atoms. The van der Waals surface area contributed by atoms with Gasteiger partial charge in [-0.25, -0.2) is 4.39 Å². The Hall–Kier alpha value is -0.860. The van der Waals surface area contributed by atoms with E-state index in [0.717, 1.165) is 0 Å². The molecule has 0 aliphatic rings. The molecule has 0 saturated heterocycles. The number of ether oxygens (including phenoxy) is 1. The summed E-state index contributed by atoms with van der Waals surface area (Å²) in [6.45, 7) is 6.73. The Morgan fingerprint density at radius 3 is 2.57 bits per heavy atom. The fraction of sp³-hybridized carbons (Fsp3) is 0.727. The van der Waals surface area contributed by atoms with E-state index in [0.29, 0.717) is 0 Å². The first-order valence-electron chi connectivity index (χ1n) is 4.87. The van der Waals surface area contributed by atoms with Crippen molar-refractivity contribution in [3.8, 4) is 0 Å². The normalized spacial score (nSPS) is 15.9. The highest BCUT2D eigenvalue weighted by Gasteiger charge is 2.26. The number of hydrogen-bond donors (Lipinski definition) is 0. The van der Waals surface area contributed by atoms with Crippen molar-refractivity contribution in [2.24, 2.45) is 0 Å². The number of allylic oxidation sites excluding steroid dienone is 2. The quantitative estimate of drug-likeness (QED) is 0.506. The third kappa shape index (κ3) is 6.63. The van der Waals surface area contributed by atoms with E-state index < -0.39 is 11.6 Å². The molecule has 1 atom stereocenters. The van der Waals surface area contributed by atoms with Crippen LogP contribution in [0.25, 0.3) is 0 Å².